The van der Waals surface area contributed by atoms with Crippen LogP contribution >= 0.6 is 0 Å². The summed E-state index contributed by atoms with van der Waals surface area (Å²) < 4.78 is 60.7. The first-order chi connectivity index (χ1) is 15.9. The van der Waals surface area contributed by atoms with E-state index in [0.717, 1.165) is 6.07 Å². The van der Waals surface area contributed by atoms with Gasteiger partial charge in [0.1, 0.15) is 0 Å². The number of esters is 1. The molecule has 2 aromatic carbocycles. The molecule has 1 heterocycles. The minimum absolute atomic E-state index is 0.0422. The van der Waals surface area contributed by atoms with Gasteiger partial charge in [0.2, 0.25) is 20.0 Å². The highest BCUT2D eigenvalue weighted by Crippen LogP contribution is 2.22. The van der Waals surface area contributed by atoms with E-state index >= 15 is 0 Å². The highest BCUT2D eigenvalue weighted by Gasteiger charge is 2.32. The van der Waals surface area contributed by atoms with Crippen LogP contribution in [0.4, 0.5) is 5.69 Å². The molecule has 3 N–H and O–H groups in total. The summed E-state index contributed by atoms with van der Waals surface area (Å²) in [5.74, 6) is -1.62. The first-order valence-electron chi connectivity index (χ1n) is 10.2. The summed E-state index contributed by atoms with van der Waals surface area (Å²) in [6.07, 6.45) is -0.535. The van der Waals surface area contributed by atoms with Crippen LogP contribution in [0.2, 0.25) is 0 Å². The average molecular weight is 512 g/mol. The Hall–Kier alpha value is -2.84. The topological polar surface area (TPSA) is 162 Å². The van der Waals surface area contributed by atoms with Crippen molar-refractivity contribution in [1.82, 2.24) is 4.31 Å². The predicted molar refractivity (Wildman–Crippen MR) is 122 cm³/mol. The van der Waals surface area contributed by atoms with Gasteiger partial charge in [0.25, 0.3) is 5.91 Å². The molecule has 2 aromatic rings. The Morgan fingerprint density at radius 1 is 1.03 bits per heavy atom. The number of benzene rings is 2. The van der Waals surface area contributed by atoms with Crippen molar-refractivity contribution in [2.45, 2.75) is 35.8 Å². The zero-order chi connectivity index (χ0) is 25.1. The number of rotatable bonds is 7. The van der Waals surface area contributed by atoms with Crippen LogP contribution in [0.5, 0.6) is 0 Å². The lowest BCUT2D eigenvalue weighted by molar-refractivity contribution is -0.119. The smallest absolute Gasteiger partial charge is 0.338 e. The molecule has 1 amide bonds. The van der Waals surface area contributed by atoms with Crippen molar-refractivity contribution in [3.63, 3.8) is 0 Å². The Labute approximate surface area is 197 Å². The molecule has 0 radical (unpaired) electrons. The summed E-state index contributed by atoms with van der Waals surface area (Å²) in [6.45, 7) is 3.26. The lowest BCUT2D eigenvalue weighted by Crippen LogP contribution is -2.48. The van der Waals surface area contributed by atoms with Crippen LogP contribution in [-0.4, -0.2) is 64.9 Å². The van der Waals surface area contributed by atoms with Gasteiger partial charge in [0, 0.05) is 18.8 Å². The molecule has 0 saturated carbocycles. The van der Waals surface area contributed by atoms with Gasteiger partial charge in [-0.3, -0.25) is 4.79 Å². The Morgan fingerprint density at radius 2 is 1.65 bits per heavy atom. The molecule has 1 saturated heterocycles. The summed E-state index contributed by atoms with van der Waals surface area (Å²) in [6, 6.07) is 10.6. The van der Waals surface area contributed by atoms with Crippen LogP contribution in [0, 0.1) is 0 Å². The molecule has 0 aromatic heterocycles. The predicted octanol–water partition coefficient (Wildman–Crippen LogP) is 0.927. The quantitative estimate of drug-likeness (QED) is 0.519. The third-order valence-corrected chi connectivity index (χ3v) is 7.61. The van der Waals surface area contributed by atoms with E-state index in [1.54, 1.807) is 13.8 Å². The lowest BCUT2D eigenvalue weighted by Gasteiger charge is -2.34. The van der Waals surface area contributed by atoms with Crippen LogP contribution in [0.3, 0.4) is 0 Å². The monoisotopic (exact) mass is 511 g/mol. The summed E-state index contributed by atoms with van der Waals surface area (Å²) in [5.41, 5.74) is 0.106. The Balaban J connectivity index is 1.65. The molecule has 0 bridgehead atoms. The fourth-order valence-electron chi connectivity index (χ4n) is 3.42. The second-order valence-electron chi connectivity index (χ2n) is 7.80. The van der Waals surface area contributed by atoms with Crippen LogP contribution in [0.25, 0.3) is 0 Å². The van der Waals surface area contributed by atoms with Crippen molar-refractivity contribution in [1.29, 1.82) is 0 Å². The molecular formula is C21H25N3O8S2. The summed E-state index contributed by atoms with van der Waals surface area (Å²) >= 11 is 0. The average Bonchev–Trinajstić information content (AvgIpc) is 2.76. The van der Waals surface area contributed by atoms with Gasteiger partial charge in [-0.15, -0.1) is 0 Å². The van der Waals surface area contributed by atoms with E-state index in [9.17, 15) is 26.4 Å². The Morgan fingerprint density at radius 3 is 2.29 bits per heavy atom. The number of nitrogens with two attached hydrogens (primary N) is 1. The van der Waals surface area contributed by atoms with Gasteiger partial charge in [-0.05, 0) is 50.2 Å². The van der Waals surface area contributed by atoms with E-state index < -0.39 is 38.5 Å². The number of carbonyl (C=O) groups is 2. The fraction of sp³-hybridized carbons (Fsp3) is 0.333. The second kappa shape index (κ2) is 10.2. The molecule has 3 rings (SSSR count). The minimum Gasteiger partial charge on any atom is -0.452 e. The molecule has 0 unspecified atom stereocenters. The second-order valence-corrected chi connectivity index (χ2v) is 11.3. The normalized spacial score (nSPS) is 19.4. The number of carbonyl (C=O) groups excluding carboxylic acids is 2. The number of primary sulfonamides is 1. The molecule has 1 aliphatic rings. The van der Waals surface area contributed by atoms with Crippen molar-refractivity contribution in [2.24, 2.45) is 5.14 Å². The third kappa shape index (κ3) is 6.39. The number of amides is 1. The first-order valence-corrected chi connectivity index (χ1v) is 13.2. The summed E-state index contributed by atoms with van der Waals surface area (Å²) in [4.78, 5) is 24.3. The van der Waals surface area contributed by atoms with Gasteiger partial charge in [-0.25, -0.2) is 26.8 Å². The van der Waals surface area contributed by atoms with E-state index in [1.165, 1.54) is 46.8 Å². The van der Waals surface area contributed by atoms with Gasteiger partial charge < -0.3 is 14.8 Å². The van der Waals surface area contributed by atoms with Gasteiger partial charge in [-0.1, -0.05) is 12.1 Å². The molecule has 2 atom stereocenters. The molecule has 184 valence electrons. The number of morpholine rings is 1. The zero-order valence-electron chi connectivity index (χ0n) is 18.5. The van der Waals surface area contributed by atoms with E-state index in [-0.39, 0.29) is 46.3 Å². The highest BCUT2D eigenvalue weighted by molar-refractivity contribution is 7.89. The lowest BCUT2D eigenvalue weighted by atomic mass is 10.2. The van der Waals surface area contributed by atoms with E-state index in [1.807, 2.05) is 0 Å². The number of hydrogen-bond donors (Lipinski definition) is 2. The number of hydrogen-bond acceptors (Lipinski definition) is 8. The molecule has 11 nitrogen and oxygen atoms in total. The largest absolute Gasteiger partial charge is 0.452 e. The maximum atomic E-state index is 13.0. The van der Waals surface area contributed by atoms with Gasteiger partial charge in [-0.2, -0.15) is 4.31 Å². The number of nitrogens with one attached hydrogen (secondary N) is 1. The van der Waals surface area contributed by atoms with Gasteiger partial charge in [0.15, 0.2) is 6.61 Å². The van der Waals surface area contributed by atoms with Gasteiger partial charge >= 0.3 is 5.97 Å². The molecule has 0 aliphatic carbocycles. The molecular weight excluding hydrogens is 486 g/mol. The maximum absolute atomic E-state index is 13.0. The van der Waals surface area contributed by atoms with E-state index in [4.69, 9.17) is 14.6 Å². The van der Waals surface area contributed by atoms with Gasteiger partial charge in [0.05, 0.1) is 27.6 Å². The molecule has 13 heteroatoms. The van der Waals surface area contributed by atoms with Crippen molar-refractivity contribution in [2.75, 3.05) is 25.0 Å². The zero-order valence-corrected chi connectivity index (χ0v) is 20.1. The summed E-state index contributed by atoms with van der Waals surface area (Å²) in [5, 5.41) is 7.46. The first kappa shape index (κ1) is 25.8. The minimum atomic E-state index is -3.95. The van der Waals surface area contributed by atoms with Crippen LogP contribution in [-0.2, 0) is 34.3 Å². The molecule has 34 heavy (non-hydrogen) atoms. The summed E-state index contributed by atoms with van der Waals surface area (Å²) in [7, 11) is -7.81. The number of ether oxygens (including phenoxy) is 2. The van der Waals surface area contributed by atoms with Crippen LogP contribution in [0.15, 0.2) is 58.3 Å². The Bertz CT molecular complexity index is 1280. The van der Waals surface area contributed by atoms with Crippen molar-refractivity contribution >= 4 is 37.6 Å². The molecule has 1 aliphatic heterocycles. The standard InChI is InChI=1S/C21H25N3O8S2/c1-14-11-24(12-15(2)32-14)34(29,30)19-8-3-5-16(9-19)21(26)31-13-20(25)23-17-6-4-7-18(10-17)33(22,27)28/h3-10,14-15H,11-13H2,1-2H3,(H,23,25)(H2,22,27,28)/t14-,15+. The SMILES string of the molecule is C[C@@H]1CN(S(=O)(=O)c2cccc(C(=O)OCC(=O)Nc3cccc(S(N)(=O)=O)c3)c2)C[C@H](C)O1. The van der Waals surface area contributed by atoms with E-state index in [2.05, 4.69) is 5.32 Å². The van der Waals surface area contributed by atoms with Crippen molar-refractivity contribution < 1.29 is 35.9 Å². The number of nitrogens with zero attached hydrogens (tertiary/aromatic N) is 1. The number of sulfonamides is 2. The van der Waals surface area contributed by atoms with E-state index in [0.29, 0.717) is 0 Å². The molecule has 0 spiro atoms. The van der Waals surface area contributed by atoms with Crippen molar-refractivity contribution in [3.8, 4) is 0 Å². The van der Waals surface area contributed by atoms with Crippen LogP contribution in [0.1, 0.15) is 24.2 Å². The third-order valence-electron chi connectivity index (χ3n) is 4.87. The Kier molecular flexibility index (Phi) is 7.73. The van der Waals surface area contributed by atoms with Crippen molar-refractivity contribution in [3.05, 3.63) is 54.1 Å². The van der Waals surface area contributed by atoms with Crippen LogP contribution < -0.4 is 10.5 Å². The fourth-order valence-corrected chi connectivity index (χ4v) is 5.62. The molecule has 1 fully saturated rings. The number of anilines is 1. The highest BCUT2D eigenvalue weighted by atomic mass is 32.2. The maximum Gasteiger partial charge on any atom is 0.338 e.